The molecule has 0 spiro atoms. The van der Waals surface area contributed by atoms with Crippen molar-refractivity contribution in [2.75, 3.05) is 17.3 Å². The lowest BCUT2D eigenvalue weighted by Gasteiger charge is -2.44. The second-order valence-electron chi connectivity index (χ2n) is 11.8. The number of thioether (sulfide) groups is 1. The van der Waals surface area contributed by atoms with Crippen LogP contribution in [0.5, 0.6) is 0 Å². The fourth-order valence-corrected chi connectivity index (χ4v) is 5.47. The van der Waals surface area contributed by atoms with Crippen LogP contribution in [0.2, 0.25) is 0 Å². The number of carbonyl (C=O) groups is 3. The number of aryl methyl sites for hydroxylation is 3. The van der Waals surface area contributed by atoms with Crippen molar-refractivity contribution < 1.29 is 19.1 Å². The highest BCUT2D eigenvalue weighted by Crippen LogP contribution is 2.36. The zero-order valence-electron chi connectivity index (χ0n) is 25.2. The van der Waals surface area contributed by atoms with Crippen LogP contribution in [-0.4, -0.2) is 52.5 Å². The number of carbonyl (C=O) groups excluding carboxylic acids is 3. The van der Waals surface area contributed by atoms with Crippen molar-refractivity contribution in [2.24, 2.45) is 0 Å². The van der Waals surface area contributed by atoms with Gasteiger partial charge in [0.2, 0.25) is 5.91 Å². The number of nitrogens with zero attached hydrogens (tertiary/aromatic N) is 1. The molecular weight excluding hydrogens is 522 g/mol. The van der Waals surface area contributed by atoms with Crippen LogP contribution in [-0.2, 0) is 14.3 Å². The van der Waals surface area contributed by atoms with Gasteiger partial charge >= 0.3 is 6.09 Å². The minimum atomic E-state index is -0.853. The maximum absolute atomic E-state index is 14.5. The third kappa shape index (κ3) is 7.80. The van der Waals surface area contributed by atoms with E-state index in [0.29, 0.717) is 12.2 Å². The summed E-state index contributed by atoms with van der Waals surface area (Å²) in [6.07, 6.45) is 4.37. The van der Waals surface area contributed by atoms with Crippen molar-refractivity contribution >= 4 is 35.4 Å². The molecule has 0 heterocycles. The number of nitrogens with one attached hydrogen (secondary N) is 2. The number of hydrogen-bond acceptors (Lipinski definition) is 5. The van der Waals surface area contributed by atoms with E-state index < -0.39 is 23.8 Å². The maximum Gasteiger partial charge on any atom is 0.408 e. The highest BCUT2D eigenvalue weighted by molar-refractivity contribution is 7.98. The van der Waals surface area contributed by atoms with Gasteiger partial charge < -0.3 is 20.3 Å². The minimum absolute atomic E-state index is 0.0988. The standard InChI is InChI=1S/C32H45N3O4S/c1-20-12-10-17-25(23(20)4)28(29(36)34-27-21(2)13-9-14-22(27)3)35(24-15-11-16-24)30(37)26(18-19-40-8)33-31(38)39-32(5,6)7/h9-10,12-14,17,24,26,28H,11,15-16,18-19H2,1-8H3,(H,33,38)(H,34,36). The number of para-hydroxylation sites is 1. The molecule has 0 saturated heterocycles. The number of benzene rings is 2. The molecule has 3 rings (SSSR count). The first-order chi connectivity index (χ1) is 18.8. The monoisotopic (exact) mass is 567 g/mol. The Balaban J connectivity index is 2.08. The lowest BCUT2D eigenvalue weighted by atomic mass is 9.86. The lowest BCUT2D eigenvalue weighted by molar-refractivity contribution is -0.145. The quantitative estimate of drug-likeness (QED) is 0.337. The summed E-state index contributed by atoms with van der Waals surface area (Å²) in [5.74, 6) is 0.160. The van der Waals surface area contributed by atoms with Crippen LogP contribution in [0.15, 0.2) is 36.4 Å². The number of alkyl carbamates (subject to hydrolysis) is 1. The lowest BCUT2D eigenvalue weighted by Crippen LogP contribution is -2.57. The van der Waals surface area contributed by atoms with E-state index >= 15 is 0 Å². The molecule has 1 aliphatic rings. The fraction of sp³-hybridized carbons (Fsp3) is 0.531. The Bertz CT molecular complexity index is 1200. The van der Waals surface area contributed by atoms with Gasteiger partial charge in [0.15, 0.2) is 0 Å². The van der Waals surface area contributed by atoms with E-state index in [1.54, 1.807) is 37.4 Å². The van der Waals surface area contributed by atoms with Gasteiger partial charge in [-0.25, -0.2) is 4.79 Å². The van der Waals surface area contributed by atoms with E-state index in [1.165, 1.54) is 0 Å². The third-order valence-corrected chi connectivity index (χ3v) is 8.16. The molecule has 1 fully saturated rings. The SMILES string of the molecule is CSCCC(NC(=O)OC(C)(C)C)C(=O)N(C1CCC1)C(C(=O)Nc1c(C)cccc1C)c1cccc(C)c1C. The molecular formula is C32H45N3O4S. The zero-order chi connectivity index (χ0) is 29.6. The van der Waals surface area contributed by atoms with Gasteiger partial charge in [0.05, 0.1) is 0 Å². The van der Waals surface area contributed by atoms with Gasteiger partial charge in [0.25, 0.3) is 5.91 Å². The van der Waals surface area contributed by atoms with E-state index in [0.717, 1.165) is 52.8 Å². The summed E-state index contributed by atoms with van der Waals surface area (Å²) in [7, 11) is 0. The summed E-state index contributed by atoms with van der Waals surface area (Å²) in [6.45, 7) is 13.3. The van der Waals surface area contributed by atoms with E-state index in [2.05, 4.69) is 10.6 Å². The van der Waals surface area contributed by atoms with Crippen LogP contribution in [0, 0.1) is 27.7 Å². The van der Waals surface area contributed by atoms with E-state index in [-0.39, 0.29) is 17.9 Å². The smallest absolute Gasteiger partial charge is 0.408 e. The average molecular weight is 568 g/mol. The molecule has 3 amide bonds. The van der Waals surface area contributed by atoms with Crippen molar-refractivity contribution in [3.63, 3.8) is 0 Å². The first kappa shape index (κ1) is 31.5. The highest BCUT2D eigenvalue weighted by atomic mass is 32.2. The molecule has 40 heavy (non-hydrogen) atoms. The molecule has 0 aliphatic heterocycles. The van der Waals surface area contributed by atoms with E-state index in [4.69, 9.17) is 4.74 Å². The first-order valence-corrected chi connectivity index (χ1v) is 15.5. The maximum atomic E-state index is 14.5. The number of anilines is 1. The minimum Gasteiger partial charge on any atom is -0.444 e. The normalized spacial score (nSPS) is 15.0. The highest BCUT2D eigenvalue weighted by Gasteiger charge is 2.42. The van der Waals surface area contributed by atoms with Gasteiger partial charge in [0, 0.05) is 11.7 Å². The predicted molar refractivity (Wildman–Crippen MR) is 164 cm³/mol. The zero-order valence-corrected chi connectivity index (χ0v) is 26.0. The van der Waals surface area contributed by atoms with Crippen LogP contribution in [0.1, 0.15) is 80.3 Å². The summed E-state index contributed by atoms with van der Waals surface area (Å²) in [6, 6.07) is 10.0. The van der Waals surface area contributed by atoms with E-state index in [9.17, 15) is 14.4 Å². The van der Waals surface area contributed by atoms with Crippen molar-refractivity contribution in [3.05, 3.63) is 64.2 Å². The summed E-state index contributed by atoms with van der Waals surface area (Å²) in [5.41, 5.74) is 4.80. The molecule has 2 atom stereocenters. The van der Waals surface area contributed by atoms with Gasteiger partial charge in [-0.1, -0.05) is 36.4 Å². The van der Waals surface area contributed by atoms with Crippen LogP contribution < -0.4 is 10.6 Å². The Hall–Kier alpha value is -3.00. The molecule has 2 aromatic carbocycles. The fourth-order valence-electron chi connectivity index (χ4n) is 5.00. The first-order valence-electron chi connectivity index (χ1n) is 14.1. The Morgan fingerprint density at radius 1 is 1.00 bits per heavy atom. The molecule has 2 aromatic rings. The summed E-state index contributed by atoms with van der Waals surface area (Å²) < 4.78 is 5.50. The number of ether oxygens (including phenoxy) is 1. The Morgan fingerprint density at radius 3 is 2.15 bits per heavy atom. The van der Waals surface area contributed by atoms with Crippen molar-refractivity contribution in [2.45, 2.75) is 97.9 Å². The van der Waals surface area contributed by atoms with Crippen LogP contribution in [0.25, 0.3) is 0 Å². The van der Waals surface area contributed by atoms with Crippen LogP contribution >= 0.6 is 11.8 Å². The predicted octanol–water partition coefficient (Wildman–Crippen LogP) is 6.63. The third-order valence-electron chi connectivity index (χ3n) is 7.52. The van der Waals surface area contributed by atoms with E-state index in [1.807, 2.05) is 70.3 Å². The van der Waals surface area contributed by atoms with Crippen molar-refractivity contribution in [1.82, 2.24) is 10.2 Å². The van der Waals surface area contributed by atoms with Crippen LogP contribution in [0.4, 0.5) is 10.5 Å². The van der Waals surface area contributed by atoms with Gasteiger partial charge in [0.1, 0.15) is 17.7 Å². The number of amides is 3. The summed E-state index contributed by atoms with van der Waals surface area (Å²) in [5, 5.41) is 6.00. The molecule has 0 radical (unpaired) electrons. The largest absolute Gasteiger partial charge is 0.444 e. The average Bonchev–Trinajstić information content (AvgIpc) is 2.83. The summed E-state index contributed by atoms with van der Waals surface area (Å²) in [4.78, 5) is 43.3. The molecule has 0 aromatic heterocycles. The second kappa shape index (κ2) is 13.6. The molecule has 1 aliphatic carbocycles. The molecule has 2 N–H and O–H groups in total. The van der Waals surface area contributed by atoms with Crippen LogP contribution in [0.3, 0.4) is 0 Å². The second-order valence-corrected chi connectivity index (χ2v) is 12.7. The van der Waals surface area contributed by atoms with Gasteiger partial charge in [-0.05, 0) is 114 Å². The Kier molecular flexibility index (Phi) is 10.7. The van der Waals surface area contributed by atoms with Gasteiger partial charge in [-0.15, -0.1) is 0 Å². The van der Waals surface area contributed by atoms with Crippen molar-refractivity contribution in [3.8, 4) is 0 Å². The molecule has 8 heteroatoms. The number of hydrogen-bond donors (Lipinski definition) is 2. The molecule has 1 saturated carbocycles. The summed E-state index contributed by atoms with van der Waals surface area (Å²) >= 11 is 1.61. The topological polar surface area (TPSA) is 87.7 Å². The Morgan fingerprint density at radius 2 is 1.60 bits per heavy atom. The molecule has 7 nitrogen and oxygen atoms in total. The van der Waals surface area contributed by atoms with Crippen molar-refractivity contribution in [1.29, 1.82) is 0 Å². The van der Waals surface area contributed by atoms with Gasteiger partial charge in [-0.2, -0.15) is 11.8 Å². The number of rotatable bonds is 10. The Labute approximate surface area is 243 Å². The molecule has 218 valence electrons. The molecule has 0 bridgehead atoms. The van der Waals surface area contributed by atoms with Gasteiger partial charge in [-0.3, -0.25) is 9.59 Å². The molecule has 2 unspecified atom stereocenters.